The van der Waals surface area contributed by atoms with Gasteiger partial charge in [-0.15, -0.1) is 0 Å². The fourth-order valence-electron chi connectivity index (χ4n) is 1.64. The Hall–Kier alpha value is -1.73. The van der Waals surface area contributed by atoms with Gasteiger partial charge in [-0.2, -0.15) is 11.8 Å². The van der Waals surface area contributed by atoms with Crippen LogP contribution in [0.2, 0.25) is 0 Å². The highest BCUT2D eigenvalue weighted by Gasteiger charge is 2.16. The number of hydrogen-bond donors (Lipinski definition) is 3. The van der Waals surface area contributed by atoms with Crippen molar-refractivity contribution >= 4 is 29.4 Å². The maximum atomic E-state index is 12.2. The number of anilines is 1. The number of amides is 2. The van der Waals surface area contributed by atoms with Gasteiger partial charge in [0.15, 0.2) is 0 Å². The van der Waals surface area contributed by atoms with E-state index in [1.165, 1.54) is 17.0 Å². The van der Waals surface area contributed by atoms with Crippen molar-refractivity contribution < 1.29 is 19.8 Å². The SMILES string of the molecule is CSC(C)CNC(=O)N(CCO)c1ccc(C(=O)O)cc1. The average molecular weight is 312 g/mol. The highest BCUT2D eigenvalue weighted by Crippen LogP contribution is 2.15. The molecule has 1 aromatic carbocycles. The number of carboxylic acids is 1. The van der Waals surface area contributed by atoms with Crippen molar-refractivity contribution in [1.29, 1.82) is 0 Å². The van der Waals surface area contributed by atoms with Crippen LogP contribution in [-0.4, -0.2) is 53.4 Å². The Morgan fingerprint density at radius 2 is 1.95 bits per heavy atom. The van der Waals surface area contributed by atoms with E-state index in [1.54, 1.807) is 23.9 Å². The van der Waals surface area contributed by atoms with Gasteiger partial charge in [0.2, 0.25) is 0 Å². The van der Waals surface area contributed by atoms with E-state index in [2.05, 4.69) is 5.32 Å². The molecule has 0 spiro atoms. The second kappa shape index (κ2) is 8.53. The van der Waals surface area contributed by atoms with E-state index in [4.69, 9.17) is 10.2 Å². The number of aromatic carboxylic acids is 1. The first-order valence-electron chi connectivity index (χ1n) is 6.52. The molecule has 0 saturated heterocycles. The molecule has 6 nitrogen and oxygen atoms in total. The van der Waals surface area contributed by atoms with E-state index >= 15 is 0 Å². The molecular weight excluding hydrogens is 292 g/mol. The topological polar surface area (TPSA) is 89.9 Å². The molecule has 3 N–H and O–H groups in total. The number of carbonyl (C=O) groups is 2. The molecule has 0 aliphatic rings. The van der Waals surface area contributed by atoms with Gasteiger partial charge < -0.3 is 15.5 Å². The number of aliphatic hydroxyl groups is 1. The first-order chi connectivity index (χ1) is 9.99. The molecule has 7 heteroatoms. The molecule has 1 unspecified atom stereocenters. The second-order valence-electron chi connectivity index (χ2n) is 4.46. The smallest absolute Gasteiger partial charge is 0.335 e. The molecule has 0 aromatic heterocycles. The van der Waals surface area contributed by atoms with E-state index in [-0.39, 0.29) is 24.7 Å². The van der Waals surface area contributed by atoms with Gasteiger partial charge in [0.1, 0.15) is 0 Å². The standard InChI is InChI=1S/C14H20N2O4S/c1-10(21-2)9-15-14(20)16(7-8-17)12-5-3-11(4-6-12)13(18)19/h3-6,10,17H,7-9H2,1-2H3,(H,15,20)(H,18,19). The Morgan fingerprint density at radius 3 is 2.43 bits per heavy atom. The van der Waals surface area contributed by atoms with Gasteiger partial charge in [0.25, 0.3) is 0 Å². The molecule has 0 saturated carbocycles. The van der Waals surface area contributed by atoms with Crippen LogP contribution in [0.5, 0.6) is 0 Å². The third kappa shape index (κ3) is 5.28. The van der Waals surface area contributed by atoms with Crippen molar-refractivity contribution in [1.82, 2.24) is 5.32 Å². The Balaban J connectivity index is 2.80. The molecule has 1 aromatic rings. The summed E-state index contributed by atoms with van der Waals surface area (Å²) in [6, 6.07) is 5.65. The minimum atomic E-state index is -1.02. The number of urea groups is 1. The van der Waals surface area contributed by atoms with Crippen molar-refractivity contribution in [2.75, 3.05) is 30.9 Å². The molecule has 21 heavy (non-hydrogen) atoms. The van der Waals surface area contributed by atoms with Crippen molar-refractivity contribution in [3.63, 3.8) is 0 Å². The summed E-state index contributed by atoms with van der Waals surface area (Å²) in [4.78, 5) is 24.4. The normalized spacial score (nSPS) is 11.8. The van der Waals surface area contributed by atoms with Crippen LogP contribution in [0.3, 0.4) is 0 Å². The minimum Gasteiger partial charge on any atom is -0.478 e. The third-order valence-corrected chi connectivity index (χ3v) is 3.91. The molecule has 0 bridgehead atoms. The summed E-state index contributed by atoms with van der Waals surface area (Å²) < 4.78 is 0. The Morgan fingerprint density at radius 1 is 1.33 bits per heavy atom. The molecule has 1 rings (SSSR count). The summed E-state index contributed by atoms with van der Waals surface area (Å²) in [5, 5.41) is 21.0. The summed E-state index contributed by atoms with van der Waals surface area (Å²) in [6.07, 6.45) is 1.97. The van der Waals surface area contributed by atoms with Gasteiger partial charge in [-0.1, -0.05) is 6.92 Å². The molecule has 116 valence electrons. The summed E-state index contributed by atoms with van der Waals surface area (Å²) in [5.41, 5.74) is 0.697. The zero-order valence-electron chi connectivity index (χ0n) is 12.1. The monoisotopic (exact) mass is 312 g/mol. The molecule has 1 atom stereocenters. The number of carboxylic acid groups (broad SMARTS) is 1. The minimum absolute atomic E-state index is 0.145. The summed E-state index contributed by atoms with van der Waals surface area (Å²) in [6.45, 7) is 2.50. The summed E-state index contributed by atoms with van der Waals surface area (Å²) in [7, 11) is 0. The van der Waals surface area contributed by atoms with E-state index in [9.17, 15) is 9.59 Å². The van der Waals surface area contributed by atoms with Gasteiger partial charge in [-0.3, -0.25) is 4.90 Å². The van der Waals surface area contributed by atoms with E-state index < -0.39 is 5.97 Å². The number of thioether (sulfide) groups is 1. The number of nitrogens with one attached hydrogen (secondary N) is 1. The fraction of sp³-hybridized carbons (Fsp3) is 0.429. The third-order valence-electron chi connectivity index (χ3n) is 2.94. The molecular formula is C14H20N2O4S. The highest BCUT2D eigenvalue weighted by molar-refractivity contribution is 7.99. The maximum Gasteiger partial charge on any atom is 0.335 e. The van der Waals surface area contributed by atoms with Gasteiger partial charge >= 0.3 is 12.0 Å². The van der Waals surface area contributed by atoms with E-state index in [0.29, 0.717) is 17.5 Å². The number of benzene rings is 1. The van der Waals surface area contributed by atoms with Gasteiger partial charge in [-0.05, 0) is 30.5 Å². The van der Waals surface area contributed by atoms with Crippen molar-refractivity contribution in [3.05, 3.63) is 29.8 Å². The number of carbonyl (C=O) groups excluding carboxylic acids is 1. The summed E-state index contributed by atoms with van der Waals surface area (Å²) in [5.74, 6) is -1.02. The predicted octanol–water partition coefficient (Wildman–Crippen LogP) is 1.64. The number of nitrogens with zero attached hydrogens (tertiary/aromatic N) is 1. The van der Waals surface area contributed by atoms with Crippen LogP contribution < -0.4 is 10.2 Å². The molecule has 0 aliphatic carbocycles. The molecule has 0 aliphatic heterocycles. The van der Waals surface area contributed by atoms with Crippen LogP contribution in [0.4, 0.5) is 10.5 Å². The molecule has 0 heterocycles. The first kappa shape index (κ1) is 17.3. The van der Waals surface area contributed by atoms with Crippen molar-refractivity contribution in [2.45, 2.75) is 12.2 Å². The quantitative estimate of drug-likeness (QED) is 0.712. The van der Waals surface area contributed by atoms with Gasteiger partial charge in [0.05, 0.1) is 18.7 Å². The largest absolute Gasteiger partial charge is 0.478 e. The van der Waals surface area contributed by atoms with E-state index in [1.807, 2.05) is 13.2 Å². The van der Waals surface area contributed by atoms with Crippen LogP contribution >= 0.6 is 11.8 Å². The molecule has 0 fully saturated rings. The highest BCUT2D eigenvalue weighted by atomic mass is 32.2. The van der Waals surface area contributed by atoms with Crippen LogP contribution in [0.25, 0.3) is 0 Å². The number of aliphatic hydroxyl groups excluding tert-OH is 1. The van der Waals surface area contributed by atoms with Crippen LogP contribution in [0, 0.1) is 0 Å². The lowest BCUT2D eigenvalue weighted by Gasteiger charge is -2.23. The molecule has 2 amide bonds. The number of hydrogen-bond acceptors (Lipinski definition) is 4. The lowest BCUT2D eigenvalue weighted by atomic mass is 10.2. The lowest BCUT2D eigenvalue weighted by molar-refractivity contribution is 0.0697. The van der Waals surface area contributed by atoms with Crippen LogP contribution in [0.15, 0.2) is 24.3 Å². The Kier molecular flexibility index (Phi) is 7.04. The first-order valence-corrected chi connectivity index (χ1v) is 7.80. The van der Waals surface area contributed by atoms with Crippen LogP contribution in [0.1, 0.15) is 17.3 Å². The maximum absolute atomic E-state index is 12.2. The number of rotatable bonds is 7. The van der Waals surface area contributed by atoms with Crippen molar-refractivity contribution in [3.8, 4) is 0 Å². The Bertz CT molecular complexity index is 478. The van der Waals surface area contributed by atoms with Crippen molar-refractivity contribution in [2.24, 2.45) is 0 Å². The zero-order chi connectivity index (χ0) is 15.8. The predicted molar refractivity (Wildman–Crippen MR) is 84.2 cm³/mol. The Labute approximate surface area is 128 Å². The van der Waals surface area contributed by atoms with Gasteiger partial charge in [-0.25, -0.2) is 9.59 Å². The average Bonchev–Trinajstić information content (AvgIpc) is 2.50. The summed E-state index contributed by atoms with van der Waals surface area (Å²) >= 11 is 1.64. The van der Waals surface area contributed by atoms with Crippen LogP contribution in [-0.2, 0) is 0 Å². The lowest BCUT2D eigenvalue weighted by Crippen LogP contribution is -2.43. The van der Waals surface area contributed by atoms with Gasteiger partial charge in [0, 0.05) is 17.5 Å². The fourth-order valence-corrected chi connectivity index (χ4v) is 1.89. The zero-order valence-corrected chi connectivity index (χ0v) is 12.9. The molecule has 0 radical (unpaired) electrons. The van der Waals surface area contributed by atoms with E-state index in [0.717, 1.165) is 0 Å². The second-order valence-corrected chi connectivity index (χ2v) is 5.74.